The Morgan fingerprint density at radius 1 is 0.763 bits per heavy atom. The van der Waals surface area contributed by atoms with Crippen molar-refractivity contribution in [3.05, 3.63) is 137 Å². The van der Waals surface area contributed by atoms with Gasteiger partial charge in [-0.25, -0.2) is 4.98 Å². The number of unbranched alkanes of at least 4 members (excludes halogenated alkanes) is 2. The minimum atomic E-state index is -1.03. The van der Waals surface area contributed by atoms with Gasteiger partial charge in [0.1, 0.15) is 17.2 Å². The summed E-state index contributed by atoms with van der Waals surface area (Å²) in [6.07, 6.45) is 7.29. The number of amides is 5. The van der Waals surface area contributed by atoms with Crippen molar-refractivity contribution >= 4 is 46.3 Å². The number of benzene rings is 4. The lowest BCUT2D eigenvalue weighted by atomic mass is 9.93. The summed E-state index contributed by atoms with van der Waals surface area (Å²) in [5.41, 5.74) is 8.07. The van der Waals surface area contributed by atoms with Crippen LogP contribution in [0.25, 0.3) is 33.4 Å². The van der Waals surface area contributed by atoms with Gasteiger partial charge in [-0.2, -0.15) is 0 Å². The van der Waals surface area contributed by atoms with E-state index < -0.39 is 29.7 Å². The number of aliphatic hydroxyl groups excluding tert-OH is 1. The predicted molar refractivity (Wildman–Crippen MR) is 286 cm³/mol. The average Bonchev–Trinajstić information content (AvgIpc) is 3.97. The molecule has 1 atom stereocenters. The standard InChI is InChI=1S/C59H64N8O9/c60-55-53-51(42-16-6-3-7-17-42)54(43-18-8-4-9-19-43)65(56(53)63-39-66(55)44-22-24-45(68)25-23-44)38-41-15-11-14-40(37-41)13-5-1-2-10-29-62-49(69)28-31-74-33-35-76-36-34-75-32-30-61-47-21-12-20-46-52(47)59(73)67(58(46)72)48-26-27-50(70)64-57(48)71/h3-4,6-9,11-12,14-21,37,39,44-45,48,60-61,68H,1-2,10,22-36,38H2,(H,62,69)(H,64,70,71). The number of hydrogen-bond donors (Lipinski definition) is 5. The third-order valence-electron chi connectivity index (χ3n) is 14.0. The van der Waals surface area contributed by atoms with Crippen molar-refractivity contribution in [3.8, 4) is 34.2 Å². The molecule has 17 heteroatoms. The maximum absolute atomic E-state index is 13.3. The van der Waals surface area contributed by atoms with Crippen molar-refractivity contribution < 1.29 is 43.3 Å². The minimum absolute atomic E-state index is 0.0531. The number of aromatic nitrogens is 3. The molecule has 1 saturated heterocycles. The summed E-state index contributed by atoms with van der Waals surface area (Å²) < 4.78 is 21.1. The second kappa shape index (κ2) is 25.7. The van der Waals surface area contributed by atoms with E-state index in [0.717, 1.165) is 75.1 Å². The lowest BCUT2D eigenvalue weighted by Gasteiger charge is -2.27. The molecule has 394 valence electrons. The van der Waals surface area contributed by atoms with E-state index in [1.165, 1.54) is 0 Å². The van der Waals surface area contributed by atoms with Gasteiger partial charge in [-0.05, 0) is 85.9 Å². The van der Waals surface area contributed by atoms with Gasteiger partial charge in [0.2, 0.25) is 17.7 Å². The zero-order chi connectivity index (χ0) is 52.8. The lowest BCUT2D eigenvalue weighted by molar-refractivity contribution is -0.136. The largest absolute Gasteiger partial charge is 0.393 e. The van der Waals surface area contributed by atoms with Gasteiger partial charge in [-0.15, -0.1) is 0 Å². The number of nitrogens with zero attached hydrogens (tertiary/aromatic N) is 4. The number of imide groups is 2. The number of rotatable bonds is 23. The first-order chi connectivity index (χ1) is 37.2. The number of nitrogens with one attached hydrogen (secondary N) is 4. The number of aliphatic hydroxyl groups is 1. The summed E-state index contributed by atoms with van der Waals surface area (Å²) in [5, 5.41) is 29.0. The van der Waals surface area contributed by atoms with Gasteiger partial charge in [0.15, 0.2) is 0 Å². The Morgan fingerprint density at radius 2 is 1.47 bits per heavy atom. The lowest BCUT2D eigenvalue weighted by Crippen LogP contribution is -2.54. The highest BCUT2D eigenvalue weighted by atomic mass is 16.5. The Kier molecular flexibility index (Phi) is 17.9. The predicted octanol–water partition coefficient (Wildman–Crippen LogP) is 6.77. The third-order valence-corrected chi connectivity index (χ3v) is 14.0. The Hall–Kier alpha value is -7.75. The van der Waals surface area contributed by atoms with Crippen LogP contribution in [0.2, 0.25) is 0 Å². The molecule has 3 aliphatic rings. The Morgan fingerprint density at radius 3 is 2.22 bits per heavy atom. The highest BCUT2D eigenvalue weighted by molar-refractivity contribution is 6.25. The zero-order valence-corrected chi connectivity index (χ0v) is 42.6. The molecule has 6 aromatic rings. The topological polar surface area (TPSA) is 219 Å². The number of anilines is 1. The first kappa shape index (κ1) is 53.1. The molecule has 2 fully saturated rings. The second-order valence-corrected chi connectivity index (χ2v) is 19.2. The number of fused-ring (bicyclic) bond motifs is 2. The zero-order valence-electron chi connectivity index (χ0n) is 42.6. The van der Waals surface area contributed by atoms with Crippen LogP contribution in [0.5, 0.6) is 0 Å². The van der Waals surface area contributed by atoms with E-state index in [2.05, 4.69) is 68.8 Å². The molecule has 0 bridgehead atoms. The van der Waals surface area contributed by atoms with Crippen molar-refractivity contribution in [2.24, 2.45) is 0 Å². The van der Waals surface area contributed by atoms with Crippen LogP contribution < -0.4 is 21.4 Å². The quantitative estimate of drug-likeness (QED) is 0.0256. The summed E-state index contributed by atoms with van der Waals surface area (Å²) in [7, 11) is 0. The van der Waals surface area contributed by atoms with Crippen LogP contribution in [-0.4, -0.2) is 119 Å². The maximum atomic E-state index is 13.3. The van der Waals surface area contributed by atoms with Crippen LogP contribution >= 0.6 is 0 Å². The van der Waals surface area contributed by atoms with Crippen LogP contribution in [0.3, 0.4) is 0 Å². The molecule has 1 unspecified atom stereocenters. The molecule has 4 aromatic carbocycles. The molecule has 17 nitrogen and oxygen atoms in total. The minimum Gasteiger partial charge on any atom is -0.393 e. The fraction of sp³-hybridized carbons (Fsp3) is 0.373. The third kappa shape index (κ3) is 12.7. The summed E-state index contributed by atoms with van der Waals surface area (Å²) in [6.45, 7) is 3.39. The molecule has 0 radical (unpaired) electrons. The van der Waals surface area contributed by atoms with Gasteiger partial charge >= 0.3 is 0 Å². The molecule has 4 heterocycles. The second-order valence-electron chi connectivity index (χ2n) is 19.2. The van der Waals surface area contributed by atoms with E-state index in [0.29, 0.717) is 83.1 Å². The Balaban J connectivity index is 0.669. The molecule has 2 aromatic heterocycles. The van der Waals surface area contributed by atoms with Crippen molar-refractivity contribution in [2.45, 2.75) is 88.9 Å². The van der Waals surface area contributed by atoms with Crippen molar-refractivity contribution in [1.29, 1.82) is 5.41 Å². The number of hydrogen-bond acceptors (Lipinski definition) is 12. The first-order valence-electron chi connectivity index (χ1n) is 26.3. The monoisotopic (exact) mass is 1030 g/mol. The van der Waals surface area contributed by atoms with E-state index >= 15 is 0 Å². The van der Waals surface area contributed by atoms with Gasteiger partial charge < -0.3 is 39.1 Å². The van der Waals surface area contributed by atoms with Crippen LogP contribution in [0.1, 0.15) is 102 Å². The normalized spacial score (nSPS) is 17.3. The Labute approximate surface area is 441 Å². The number of carbonyl (C=O) groups is 5. The summed E-state index contributed by atoms with van der Waals surface area (Å²) >= 11 is 0. The molecular formula is C59H64N8O9. The van der Waals surface area contributed by atoms with E-state index in [-0.39, 0.29) is 55.0 Å². The number of piperidine rings is 1. The smallest absolute Gasteiger partial charge is 0.264 e. The average molecular weight is 1030 g/mol. The fourth-order valence-electron chi connectivity index (χ4n) is 10.2. The van der Waals surface area contributed by atoms with Crippen LogP contribution in [0, 0.1) is 17.3 Å². The summed E-state index contributed by atoms with van der Waals surface area (Å²) in [6, 6.07) is 32.9. The molecular weight excluding hydrogens is 965 g/mol. The maximum Gasteiger partial charge on any atom is 0.264 e. The van der Waals surface area contributed by atoms with Crippen LogP contribution in [0.4, 0.5) is 5.69 Å². The van der Waals surface area contributed by atoms with Crippen molar-refractivity contribution in [3.63, 3.8) is 0 Å². The molecule has 9 rings (SSSR count). The molecule has 5 amide bonds. The first-order valence-corrected chi connectivity index (χ1v) is 26.3. The molecule has 0 spiro atoms. The number of ether oxygens (including phenoxy) is 3. The van der Waals surface area contributed by atoms with Gasteiger partial charge in [-0.1, -0.05) is 90.7 Å². The highest BCUT2D eigenvalue weighted by Gasteiger charge is 2.45. The van der Waals surface area contributed by atoms with Gasteiger partial charge in [0.25, 0.3) is 11.8 Å². The highest BCUT2D eigenvalue weighted by Crippen LogP contribution is 2.40. The molecule has 2 aliphatic heterocycles. The molecule has 5 N–H and O–H groups in total. The van der Waals surface area contributed by atoms with Gasteiger partial charge in [0.05, 0.1) is 74.3 Å². The van der Waals surface area contributed by atoms with Crippen molar-refractivity contribution in [2.75, 3.05) is 58.0 Å². The van der Waals surface area contributed by atoms with E-state index in [1.54, 1.807) is 18.2 Å². The fourth-order valence-corrected chi connectivity index (χ4v) is 10.2. The van der Waals surface area contributed by atoms with Gasteiger partial charge in [-0.3, -0.25) is 39.6 Å². The number of carbonyl (C=O) groups excluding carboxylic acids is 5. The van der Waals surface area contributed by atoms with E-state index in [4.69, 9.17) is 19.2 Å². The van der Waals surface area contributed by atoms with E-state index in [9.17, 15) is 34.5 Å². The molecule has 1 aliphatic carbocycles. The van der Waals surface area contributed by atoms with E-state index in [1.807, 2.05) is 59.4 Å². The molecule has 76 heavy (non-hydrogen) atoms. The van der Waals surface area contributed by atoms with Crippen LogP contribution in [0.15, 0.2) is 109 Å². The summed E-state index contributed by atoms with van der Waals surface area (Å²) in [5.74, 6) is 4.38. The van der Waals surface area contributed by atoms with Crippen molar-refractivity contribution in [1.82, 2.24) is 29.7 Å². The van der Waals surface area contributed by atoms with Crippen LogP contribution in [-0.2, 0) is 35.1 Å². The Bertz CT molecular complexity index is 3170. The molecule has 1 saturated carbocycles. The summed E-state index contributed by atoms with van der Waals surface area (Å²) in [4.78, 5) is 68.8. The van der Waals surface area contributed by atoms with Gasteiger partial charge in [0, 0.05) is 61.8 Å². The SMILES string of the molecule is N=c1c2c(-c3ccccc3)c(-c3ccccc3)n(Cc3cccc(C#CCCCCNC(=O)CCOCCOCCOCCNc4cccc5c4C(=O)N(C4CCC(=O)NC4=O)C5=O)c3)c2ncn1C1CCC(O)CC1.